The van der Waals surface area contributed by atoms with Crippen molar-refractivity contribution in [2.75, 3.05) is 0 Å². The van der Waals surface area contributed by atoms with Crippen LogP contribution in [0.15, 0.2) is 12.1 Å². The molecular formula is C12H16FN. The fraction of sp³-hybridized carbons (Fsp3) is 0.500. The first-order valence-corrected chi connectivity index (χ1v) is 5.09. The lowest BCUT2D eigenvalue weighted by molar-refractivity contribution is 0.253. The molecule has 0 heterocycles. The largest absolute Gasteiger partial charge is 0.321 e. The van der Waals surface area contributed by atoms with Crippen molar-refractivity contribution in [1.82, 2.24) is 0 Å². The first-order valence-electron chi connectivity index (χ1n) is 5.09. The van der Waals surface area contributed by atoms with E-state index in [1.807, 2.05) is 12.1 Å². The van der Waals surface area contributed by atoms with E-state index in [2.05, 4.69) is 0 Å². The number of aryl methyl sites for hydroxylation is 2. The fourth-order valence-electron chi connectivity index (χ4n) is 2.08. The number of nitrogens with two attached hydrogens (primary N) is 1. The summed E-state index contributed by atoms with van der Waals surface area (Å²) in [6.45, 7) is 3.60. The summed E-state index contributed by atoms with van der Waals surface area (Å²) < 4.78 is 13.4. The number of hydrogen-bond donors (Lipinski definition) is 1. The Bertz CT molecular complexity index is 344. The smallest absolute Gasteiger partial charge is 0.129 e. The first kappa shape index (κ1) is 9.66. The van der Waals surface area contributed by atoms with Gasteiger partial charge in [-0.1, -0.05) is 12.1 Å². The van der Waals surface area contributed by atoms with E-state index in [0.717, 1.165) is 18.4 Å². The Morgan fingerprint density at radius 2 is 1.71 bits per heavy atom. The van der Waals surface area contributed by atoms with Crippen LogP contribution in [0, 0.1) is 19.7 Å². The Kier molecular flexibility index (Phi) is 2.11. The maximum Gasteiger partial charge on any atom is 0.129 e. The number of halogens is 1. The first-order chi connectivity index (χ1) is 6.53. The maximum atomic E-state index is 13.4. The molecule has 0 aliphatic heterocycles. The van der Waals surface area contributed by atoms with Crippen molar-refractivity contribution in [2.45, 2.75) is 38.6 Å². The van der Waals surface area contributed by atoms with Crippen LogP contribution in [0.4, 0.5) is 4.39 Å². The Hall–Kier alpha value is -0.890. The molecule has 2 rings (SSSR count). The molecular weight excluding hydrogens is 177 g/mol. The van der Waals surface area contributed by atoms with Crippen LogP contribution >= 0.6 is 0 Å². The monoisotopic (exact) mass is 193 g/mol. The molecule has 1 nitrogen and oxygen atoms in total. The predicted molar refractivity (Wildman–Crippen MR) is 55.6 cm³/mol. The zero-order valence-electron chi connectivity index (χ0n) is 8.73. The molecule has 0 saturated heterocycles. The summed E-state index contributed by atoms with van der Waals surface area (Å²) >= 11 is 0. The van der Waals surface area contributed by atoms with Crippen molar-refractivity contribution in [3.05, 3.63) is 34.6 Å². The quantitative estimate of drug-likeness (QED) is 0.729. The van der Waals surface area contributed by atoms with Crippen molar-refractivity contribution in [1.29, 1.82) is 0 Å². The Labute approximate surface area is 84.1 Å². The average molecular weight is 193 g/mol. The Morgan fingerprint density at radius 3 is 2.07 bits per heavy atom. The van der Waals surface area contributed by atoms with Gasteiger partial charge in [0.05, 0.1) is 0 Å². The second-order valence-electron chi connectivity index (χ2n) is 4.43. The molecule has 2 N–H and O–H groups in total. The third-order valence-electron chi connectivity index (χ3n) is 3.26. The van der Waals surface area contributed by atoms with E-state index < -0.39 is 0 Å². The summed E-state index contributed by atoms with van der Waals surface area (Å²) in [6.07, 6.45) is 3.24. The van der Waals surface area contributed by atoms with Gasteiger partial charge in [0.1, 0.15) is 5.82 Å². The third-order valence-corrected chi connectivity index (χ3v) is 3.26. The maximum absolute atomic E-state index is 13.4. The SMILES string of the molecule is Cc1cc(C2(N)CCC2)cc(C)c1F. The minimum atomic E-state index is -0.177. The van der Waals surface area contributed by atoms with Gasteiger partial charge >= 0.3 is 0 Å². The molecule has 1 aliphatic rings. The predicted octanol–water partition coefficient (Wildman–Crippen LogP) is 2.78. The van der Waals surface area contributed by atoms with Crippen molar-refractivity contribution in [2.24, 2.45) is 5.73 Å². The van der Waals surface area contributed by atoms with Crippen molar-refractivity contribution in [3.8, 4) is 0 Å². The van der Waals surface area contributed by atoms with E-state index in [1.165, 1.54) is 6.42 Å². The third kappa shape index (κ3) is 1.34. The second kappa shape index (κ2) is 3.06. The van der Waals surface area contributed by atoms with E-state index in [9.17, 15) is 4.39 Å². The highest BCUT2D eigenvalue weighted by Crippen LogP contribution is 2.39. The second-order valence-corrected chi connectivity index (χ2v) is 4.43. The summed E-state index contributed by atoms with van der Waals surface area (Å²) in [6, 6.07) is 3.78. The topological polar surface area (TPSA) is 26.0 Å². The van der Waals surface area contributed by atoms with Gasteiger partial charge < -0.3 is 5.73 Å². The molecule has 1 saturated carbocycles. The van der Waals surface area contributed by atoms with Crippen LogP contribution in [0.25, 0.3) is 0 Å². The van der Waals surface area contributed by atoms with Gasteiger partial charge in [0.15, 0.2) is 0 Å². The lowest BCUT2D eigenvalue weighted by Gasteiger charge is -2.39. The van der Waals surface area contributed by atoms with Gasteiger partial charge in [-0.2, -0.15) is 0 Å². The summed E-state index contributed by atoms with van der Waals surface area (Å²) in [7, 11) is 0. The van der Waals surface area contributed by atoms with Crippen LogP contribution in [-0.2, 0) is 5.54 Å². The molecule has 1 fully saturated rings. The minimum Gasteiger partial charge on any atom is -0.321 e. The summed E-state index contributed by atoms with van der Waals surface area (Å²) in [4.78, 5) is 0. The lowest BCUT2D eigenvalue weighted by Crippen LogP contribution is -2.43. The van der Waals surface area contributed by atoms with E-state index in [1.54, 1.807) is 13.8 Å². The Balaban J connectivity index is 2.45. The molecule has 0 bridgehead atoms. The molecule has 76 valence electrons. The normalized spacial score (nSPS) is 19.1. The van der Waals surface area contributed by atoms with Gasteiger partial charge in [-0.15, -0.1) is 0 Å². The molecule has 1 aliphatic carbocycles. The van der Waals surface area contributed by atoms with Gasteiger partial charge in [-0.05, 0) is 49.8 Å². The van der Waals surface area contributed by atoms with Crippen LogP contribution in [-0.4, -0.2) is 0 Å². The highest BCUT2D eigenvalue weighted by Gasteiger charge is 2.34. The molecule has 2 heteroatoms. The fourth-order valence-corrected chi connectivity index (χ4v) is 2.08. The molecule has 1 aromatic carbocycles. The van der Waals surface area contributed by atoms with Crippen LogP contribution < -0.4 is 5.73 Å². The van der Waals surface area contributed by atoms with Crippen LogP contribution in [0.3, 0.4) is 0 Å². The van der Waals surface area contributed by atoms with Crippen molar-refractivity contribution >= 4 is 0 Å². The van der Waals surface area contributed by atoms with Crippen molar-refractivity contribution < 1.29 is 4.39 Å². The van der Waals surface area contributed by atoms with Gasteiger partial charge in [-0.25, -0.2) is 4.39 Å². The number of hydrogen-bond acceptors (Lipinski definition) is 1. The molecule has 0 aromatic heterocycles. The van der Waals surface area contributed by atoms with Crippen LogP contribution in [0.2, 0.25) is 0 Å². The molecule has 0 atom stereocenters. The van der Waals surface area contributed by atoms with Crippen LogP contribution in [0.1, 0.15) is 36.0 Å². The highest BCUT2D eigenvalue weighted by atomic mass is 19.1. The van der Waals surface area contributed by atoms with E-state index in [0.29, 0.717) is 11.1 Å². The van der Waals surface area contributed by atoms with Gasteiger partial charge in [0, 0.05) is 5.54 Å². The van der Waals surface area contributed by atoms with E-state index >= 15 is 0 Å². The number of benzene rings is 1. The minimum absolute atomic E-state index is 0.100. The summed E-state index contributed by atoms with van der Waals surface area (Å²) in [5.41, 5.74) is 8.52. The number of rotatable bonds is 1. The van der Waals surface area contributed by atoms with Crippen molar-refractivity contribution in [3.63, 3.8) is 0 Å². The molecule has 1 aromatic rings. The highest BCUT2D eigenvalue weighted by molar-refractivity contribution is 5.35. The van der Waals surface area contributed by atoms with E-state index in [4.69, 9.17) is 5.73 Å². The molecule has 14 heavy (non-hydrogen) atoms. The zero-order chi connectivity index (χ0) is 10.3. The molecule has 0 spiro atoms. The van der Waals surface area contributed by atoms with Gasteiger partial charge in [-0.3, -0.25) is 0 Å². The average Bonchev–Trinajstić information content (AvgIpc) is 2.09. The van der Waals surface area contributed by atoms with Crippen LogP contribution in [0.5, 0.6) is 0 Å². The van der Waals surface area contributed by atoms with Gasteiger partial charge in [0.2, 0.25) is 0 Å². The summed E-state index contributed by atoms with van der Waals surface area (Å²) in [5.74, 6) is -0.100. The van der Waals surface area contributed by atoms with E-state index in [-0.39, 0.29) is 11.4 Å². The molecule has 0 radical (unpaired) electrons. The summed E-state index contributed by atoms with van der Waals surface area (Å²) in [5, 5.41) is 0. The Morgan fingerprint density at radius 1 is 1.21 bits per heavy atom. The zero-order valence-corrected chi connectivity index (χ0v) is 8.73. The standard InChI is InChI=1S/C12H16FN/c1-8-6-10(7-9(2)11(8)13)12(14)4-3-5-12/h6-7H,3-5,14H2,1-2H3. The molecule has 0 amide bonds. The lowest BCUT2D eigenvalue weighted by atomic mass is 9.72. The molecule has 0 unspecified atom stereocenters. The van der Waals surface area contributed by atoms with Gasteiger partial charge in [0.25, 0.3) is 0 Å².